The van der Waals surface area contributed by atoms with Crippen molar-refractivity contribution in [3.63, 3.8) is 0 Å². The van der Waals surface area contributed by atoms with Crippen molar-refractivity contribution in [2.24, 2.45) is 0 Å². The molecule has 0 bridgehead atoms. The van der Waals surface area contributed by atoms with Gasteiger partial charge in [0.25, 0.3) is 5.91 Å². The molecule has 2 rings (SSSR count). The molecular formula is C12H10ClN3O. The van der Waals surface area contributed by atoms with Gasteiger partial charge in [-0.1, -0.05) is 23.7 Å². The second kappa shape index (κ2) is 5.41. The molecule has 1 N–H and O–H groups in total. The maximum Gasteiger partial charge on any atom is 0.253 e. The van der Waals surface area contributed by atoms with Crippen molar-refractivity contribution in [1.29, 1.82) is 0 Å². The highest BCUT2D eigenvalue weighted by molar-refractivity contribution is 6.33. The fourth-order valence-electron chi connectivity index (χ4n) is 1.33. The minimum atomic E-state index is -0.221. The summed E-state index contributed by atoms with van der Waals surface area (Å²) in [6, 6.07) is 6.90. The minimum absolute atomic E-state index is 0.221. The van der Waals surface area contributed by atoms with Crippen molar-refractivity contribution in [3.8, 4) is 0 Å². The van der Waals surface area contributed by atoms with Crippen LogP contribution in [0, 0.1) is 0 Å². The summed E-state index contributed by atoms with van der Waals surface area (Å²) in [5, 5.41) is 3.16. The maximum absolute atomic E-state index is 11.8. The number of rotatable bonds is 3. The number of carbonyl (C=O) groups is 1. The zero-order valence-electron chi connectivity index (χ0n) is 8.93. The third-order valence-corrected chi connectivity index (χ3v) is 2.49. The van der Waals surface area contributed by atoms with Crippen LogP contribution in [0.5, 0.6) is 0 Å². The Labute approximate surface area is 104 Å². The molecule has 0 radical (unpaired) electrons. The molecule has 1 heterocycles. The van der Waals surface area contributed by atoms with Gasteiger partial charge in [0.2, 0.25) is 0 Å². The zero-order chi connectivity index (χ0) is 12.1. The summed E-state index contributed by atoms with van der Waals surface area (Å²) >= 11 is 5.91. The Balaban J connectivity index is 2.01. The van der Waals surface area contributed by atoms with Gasteiger partial charge in [-0.15, -0.1) is 0 Å². The lowest BCUT2D eigenvalue weighted by Crippen LogP contribution is -2.23. The molecule has 86 valence electrons. The van der Waals surface area contributed by atoms with E-state index in [9.17, 15) is 4.79 Å². The van der Waals surface area contributed by atoms with E-state index in [1.807, 2.05) is 0 Å². The normalized spacial score (nSPS) is 9.94. The number of carbonyl (C=O) groups excluding carboxylic acids is 1. The highest BCUT2D eigenvalue weighted by Crippen LogP contribution is 2.14. The lowest BCUT2D eigenvalue weighted by atomic mass is 10.2. The van der Waals surface area contributed by atoms with Crippen LogP contribution in [-0.2, 0) is 6.54 Å². The first-order valence-electron chi connectivity index (χ1n) is 5.05. The summed E-state index contributed by atoms with van der Waals surface area (Å²) in [6.07, 6.45) is 4.77. The van der Waals surface area contributed by atoms with Crippen LogP contribution in [0.2, 0.25) is 5.02 Å². The first-order chi connectivity index (χ1) is 8.27. The Morgan fingerprint density at radius 3 is 2.82 bits per heavy atom. The zero-order valence-corrected chi connectivity index (χ0v) is 9.69. The molecule has 0 saturated carbocycles. The van der Waals surface area contributed by atoms with Crippen molar-refractivity contribution < 1.29 is 4.79 Å². The second-order valence-corrected chi connectivity index (χ2v) is 3.77. The average molecular weight is 248 g/mol. The Hall–Kier alpha value is -1.94. The molecule has 5 heteroatoms. The minimum Gasteiger partial charge on any atom is -0.346 e. The molecule has 0 spiro atoms. The Morgan fingerprint density at radius 1 is 1.29 bits per heavy atom. The number of nitrogens with zero attached hydrogens (tertiary/aromatic N) is 2. The van der Waals surface area contributed by atoms with E-state index in [4.69, 9.17) is 11.6 Å². The van der Waals surface area contributed by atoms with Gasteiger partial charge in [-0.2, -0.15) is 0 Å². The lowest BCUT2D eigenvalue weighted by Gasteiger charge is -2.05. The van der Waals surface area contributed by atoms with Gasteiger partial charge in [-0.25, -0.2) is 0 Å². The van der Waals surface area contributed by atoms with Gasteiger partial charge in [-0.3, -0.25) is 14.8 Å². The number of hydrogen-bond acceptors (Lipinski definition) is 3. The molecule has 1 amide bonds. The number of benzene rings is 1. The van der Waals surface area contributed by atoms with E-state index in [0.717, 1.165) is 0 Å². The smallest absolute Gasteiger partial charge is 0.253 e. The van der Waals surface area contributed by atoms with Crippen LogP contribution < -0.4 is 5.32 Å². The van der Waals surface area contributed by atoms with Crippen molar-refractivity contribution in [2.45, 2.75) is 6.54 Å². The Morgan fingerprint density at radius 2 is 2.12 bits per heavy atom. The number of amides is 1. The summed E-state index contributed by atoms with van der Waals surface area (Å²) in [5.74, 6) is -0.221. The third-order valence-electron chi connectivity index (χ3n) is 2.17. The van der Waals surface area contributed by atoms with Crippen molar-refractivity contribution in [3.05, 3.63) is 59.1 Å². The molecule has 0 atom stereocenters. The van der Waals surface area contributed by atoms with Gasteiger partial charge in [0.1, 0.15) is 0 Å². The van der Waals surface area contributed by atoms with Crippen LogP contribution in [0.15, 0.2) is 42.9 Å². The van der Waals surface area contributed by atoms with E-state index in [1.165, 1.54) is 0 Å². The van der Waals surface area contributed by atoms with Gasteiger partial charge in [0.05, 0.1) is 29.0 Å². The summed E-state index contributed by atoms with van der Waals surface area (Å²) in [5.41, 5.74) is 1.16. The number of hydrogen-bond donors (Lipinski definition) is 1. The number of aromatic nitrogens is 2. The second-order valence-electron chi connectivity index (χ2n) is 3.36. The fraction of sp³-hybridized carbons (Fsp3) is 0.0833. The number of nitrogens with one attached hydrogen (secondary N) is 1. The molecule has 0 fully saturated rings. The summed E-state index contributed by atoms with van der Waals surface area (Å²) < 4.78 is 0. The van der Waals surface area contributed by atoms with Crippen molar-refractivity contribution in [1.82, 2.24) is 15.3 Å². The SMILES string of the molecule is O=C(NCc1cnccn1)c1ccccc1Cl. The van der Waals surface area contributed by atoms with Crippen LogP contribution in [0.25, 0.3) is 0 Å². The molecule has 4 nitrogen and oxygen atoms in total. The van der Waals surface area contributed by atoms with E-state index in [2.05, 4.69) is 15.3 Å². The molecule has 2 aromatic rings. The van der Waals surface area contributed by atoms with E-state index < -0.39 is 0 Å². The average Bonchev–Trinajstić information content (AvgIpc) is 2.38. The van der Waals surface area contributed by atoms with E-state index in [1.54, 1.807) is 42.9 Å². The molecular weight excluding hydrogens is 238 g/mol. The Bertz CT molecular complexity index is 516. The molecule has 0 aliphatic heterocycles. The summed E-state index contributed by atoms with van der Waals surface area (Å²) in [7, 11) is 0. The Kier molecular flexibility index (Phi) is 3.67. The van der Waals surface area contributed by atoms with Crippen LogP contribution in [-0.4, -0.2) is 15.9 Å². The number of halogens is 1. The first-order valence-corrected chi connectivity index (χ1v) is 5.43. The van der Waals surface area contributed by atoms with Gasteiger partial charge in [0.15, 0.2) is 0 Å². The lowest BCUT2D eigenvalue weighted by molar-refractivity contribution is 0.0950. The van der Waals surface area contributed by atoms with E-state index in [-0.39, 0.29) is 5.91 Å². The molecule has 17 heavy (non-hydrogen) atoms. The van der Waals surface area contributed by atoms with Gasteiger partial charge in [-0.05, 0) is 12.1 Å². The molecule has 0 aliphatic rings. The maximum atomic E-state index is 11.8. The monoisotopic (exact) mass is 247 g/mol. The highest BCUT2D eigenvalue weighted by atomic mass is 35.5. The summed E-state index contributed by atoms with van der Waals surface area (Å²) in [6.45, 7) is 0.331. The highest BCUT2D eigenvalue weighted by Gasteiger charge is 2.08. The van der Waals surface area contributed by atoms with Crippen LogP contribution in [0.3, 0.4) is 0 Å². The van der Waals surface area contributed by atoms with Gasteiger partial charge in [0, 0.05) is 12.4 Å². The molecule has 0 saturated heterocycles. The molecule has 1 aromatic heterocycles. The van der Waals surface area contributed by atoms with Gasteiger partial charge < -0.3 is 5.32 Å². The van der Waals surface area contributed by atoms with Crippen molar-refractivity contribution in [2.75, 3.05) is 0 Å². The van der Waals surface area contributed by atoms with Gasteiger partial charge >= 0.3 is 0 Å². The summed E-state index contributed by atoms with van der Waals surface area (Å²) in [4.78, 5) is 19.8. The predicted molar refractivity (Wildman–Crippen MR) is 64.7 cm³/mol. The third kappa shape index (κ3) is 3.01. The quantitative estimate of drug-likeness (QED) is 0.903. The molecule has 1 aromatic carbocycles. The molecule has 0 aliphatic carbocycles. The first kappa shape index (κ1) is 11.5. The topological polar surface area (TPSA) is 54.9 Å². The predicted octanol–water partition coefficient (Wildman–Crippen LogP) is 2.06. The van der Waals surface area contributed by atoms with E-state index in [0.29, 0.717) is 22.8 Å². The largest absolute Gasteiger partial charge is 0.346 e. The fourth-order valence-corrected chi connectivity index (χ4v) is 1.55. The van der Waals surface area contributed by atoms with Crippen LogP contribution >= 0.6 is 11.6 Å². The van der Waals surface area contributed by atoms with Crippen LogP contribution in [0.4, 0.5) is 0 Å². The van der Waals surface area contributed by atoms with Crippen molar-refractivity contribution >= 4 is 17.5 Å². The van der Waals surface area contributed by atoms with Crippen LogP contribution in [0.1, 0.15) is 16.1 Å². The van der Waals surface area contributed by atoms with E-state index >= 15 is 0 Å². The molecule has 0 unspecified atom stereocenters. The standard InChI is InChI=1S/C12H10ClN3O/c13-11-4-2-1-3-10(11)12(17)16-8-9-7-14-5-6-15-9/h1-7H,8H2,(H,16,17).